The number of benzene rings is 2. The molecule has 0 amide bonds. The number of aryl methyl sites for hydroxylation is 2. The number of aromatic nitrogens is 5. The van der Waals surface area contributed by atoms with Gasteiger partial charge in [-0.25, -0.2) is 4.68 Å². The van der Waals surface area contributed by atoms with E-state index in [4.69, 9.17) is 4.74 Å². The molecule has 8 nitrogen and oxygen atoms in total. The van der Waals surface area contributed by atoms with Crippen molar-refractivity contribution in [2.45, 2.75) is 59.3 Å². The van der Waals surface area contributed by atoms with Crippen molar-refractivity contribution in [2.24, 2.45) is 0 Å². The standard InChI is InChI=1S/C27H34N6O2/c1-5-9-25(26-29-30-31-33(26)12-13-35-4)32(17-21-10-7-6-8-11-21)18-22-16-23-20(3)14-19(2)15-24(23)28-27(22)34/h6-8,10-11,14-16,25H,5,9,12-13,17-18H2,1-4H3,(H,28,34)/t25-/m1/s1. The molecule has 0 aliphatic heterocycles. The van der Waals surface area contributed by atoms with Gasteiger partial charge in [0.05, 0.1) is 19.2 Å². The van der Waals surface area contributed by atoms with Crippen LogP contribution < -0.4 is 5.56 Å². The van der Waals surface area contributed by atoms with Crippen molar-refractivity contribution in [3.8, 4) is 0 Å². The Hall–Kier alpha value is -3.36. The highest BCUT2D eigenvalue weighted by molar-refractivity contribution is 5.83. The van der Waals surface area contributed by atoms with Crippen molar-refractivity contribution in [1.82, 2.24) is 30.1 Å². The highest BCUT2D eigenvalue weighted by Gasteiger charge is 2.27. The minimum absolute atomic E-state index is 0.0544. The molecule has 2 aromatic heterocycles. The van der Waals surface area contributed by atoms with E-state index in [-0.39, 0.29) is 11.6 Å². The third-order valence-electron chi connectivity index (χ3n) is 6.36. The van der Waals surface area contributed by atoms with Crippen LogP contribution in [0.15, 0.2) is 53.3 Å². The molecule has 1 atom stereocenters. The van der Waals surface area contributed by atoms with E-state index in [1.165, 1.54) is 5.56 Å². The van der Waals surface area contributed by atoms with Crippen LogP contribution in [-0.4, -0.2) is 43.8 Å². The maximum absolute atomic E-state index is 13.2. The molecule has 8 heteroatoms. The number of fused-ring (bicyclic) bond motifs is 1. The summed E-state index contributed by atoms with van der Waals surface area (Å²) >= 11 is 0. The lowest BCUT2D eigenvalue weighted by atomic mass is 10.0. The summed E-state index contributed by atoms with van der Waals surface area (Å²) in [6.07, 6.45) is 1.82. The SMILES string of the molecule is CCC[C@H](c1nnnn1CCOC)N(Cc1ccccc1)Cc1cc2c(C)cc(C)cc2[nH]c1=O. The van der Waals surface area contributed by atoms with Gasteiger partial charge in [-0.1, -0.05) is 49.7 Å². The van der Waals surface area contributed by atoms with E-state index in [0.29, 0.717) is 26.2 Å². The average molecular weight is 475 g/mol. The molecule has 184 valence electrons. The first-order valence-electron chi connectivity index (χ1n) is 12.2. The van der Waals surface area contributed by atoms with E-state index in [2.05, 4.69) is 57.5 Å². The predicted octanol–water partition coefficient (Wildman–Crippen LogP) is 4.32. The van der Waals surface area contributed by atoms with Crippen LogP contribution in [0.3, 0.4) is 0 Å². The molecule has 0 saturated carbocycles. The second-order valence-electron chi connectivity index (χ2n) is 9.11. The Morgan fingerprint density at radius 2 is 1.91 bits per heavy atom. The Balaban J connectivity index is 1.76. The number of pyridine rings is 1. The molecule has 0 unspecified atom stereocenters. The zero-order chi connectivity index (χ0) is 24.8. The summed E-state index contributed by atoms with van der Waals surface area (Å²) in [5.41, 5.74) is 5.01. The molecule has 0 radical (unpaired) electrons. The first kappa shape index (κ1) is 24.8. The van der Waals surface area contributed by atoms with Crippen LogP contribution in [0, 0.1) is 13.8 Å². The first-order chi connectivity index (χ1) is 17.0. The molecule has 4 aromatic rings. The van der Waals surface area contributed by atoms with Crippen LogP contribution in [0.4, 0.5) is 0 Å². The van der Waals surface area contributed by atoms with Crippen LogP contribution in [-0.2, 0) is 24.4 Å². The summed E-state index contributed by atoms with van der Waals surface area (Å²) in [6, 6.07) is 16.5. The number of ether oxygens (including phenoxy) is 1. The van der Waals surface area contributed by atoms with Gasteiger partial charge in [0.25, 0.3) is 5.56 Å². The van der Waals surface area contributed by atoms with Crippen molar-refractivity contribution in [3.63, 3.8) is 0 Å². The maximum atomic E-state index is 13.2. The summed E-state index contributed by atoms with van der Waals surface area (Å²) in [7, 11) is 1.67. The van der Waals surface area contributed by atoms with Crippen LogP contribution in [0.5, 0.6) is 0 Å². The number of tetrazole rings is 1. The summed E-state index contributed by atoms with van der Waals surface area (Å²) in [5, 5.41) is 13.7. The monoisotopic (exact) mass is 474 g/mol. The number of H-pyrrole nitrogens is 1. The summed E-state index contributed by atoms with van der Waals surface area (Å²) in [4.78, 5) is 18.6. The predicted molar refractivity (Wildman–Crippen MR) is 137 cm³/mol. The lowest BCUT2D eigenvalue weighted by Gasteiger charge is -2.31. The van der Waals surface area contributed by atoms with Gasteiger partial charge in [-0.3, -0.25) is 9.69 Å². The second-order valence-corrected chi connectivity index (χ2v) is 9.11. The lowest BCUT2D eigenvalue weighted by molar-refractivity contribution is 0.147. The molecule has 0 spiro atoms. The van der Waals surface area contributed by atoms with Gasteiger partial charge < -0.3 is 9.72 Å². The molecular weight excluding hydrogens is 440 g/mol. The Bertz CT molecular complexity index is 1310. The van der Waals surface area contributed by atoms with Gasteiger partial charge in [-0.15, -0.1) is 5.10 Å². The quantitative estimate of drug-likeness (QED) is 0.348. The van der Waals surface area contributed by atoms with Crippen LogP contribution >= 0.6 is 0 Å². The number of rotatable bonds is 11. The number of nitrogens with one attached hydrogen (secondary N) is 1. The number of methoxy groups -OCH3 is 1. The zero-order valence-electron chi connectivity index (χ0n) is 21.0. The van der Waals surface area contributed by atoms with Crippen LogP contribution in [0.1, 0.15) is 53.9 Å². The number of hydrogen-bond acceptors (Lipinski definition) is 6. The molecule has 1 N–H and O–H groups in total. The van der Waals surface area contributed by atoms with E-state index < -0.39 is 0 Å². The largest absolute Gasteiger partial charge is 0.383 e. The van der Waals surface area contributed by atoms with Crippen molar-refractivity contribution >= 4 is 10.9 Å². The van der Waals surface area contributed by atoms with Crippen molar-refractivity contribution in [2.75, 3.05) is 13.7 Å². The van der Waals surface area contributed by atoms with Gasteiger partial charge in [0.1, 0.15) is 0 Å². The van der Waals surface area contributed by atoms with Crippen LogP contribution in [0.25, 0.3) is 10.9 Å². The van der Waals surface area contributed by atoms with Crippen molar-refractivity contribution in [3.05, 3.63) is 87.0 Å². The van der Waals surface area contributed by atoms with Gasteiger partial charge in [0.2, 0.25) is 0 Å². The van der Waals surface area contributed by atoms with Crippen LogP contribution in [0.2, 0.25) is 0 Å². The van der Waals surface area contributed by atoms with Gasteiger partial charge >= 0.3 is 0 Å². The molecule has 0 aliphatic carbocycles. The molecule has 35 heavy (non-hydrogen) atoms. The topological polar surface area (TPSA) is 88.9 Å². The minimum atomic E-state index is -0.0604. The fourth-order valence-electron chi connectivity index (χ4n) is 4.68. The molecule has 0 aliphatic rings. The number of aromatic amines is 1. The van der Waals surface area contributed by atoms with E-state index in [0.717, 1.165) is 46.3 Å². The third-order valence-corrected chi connectivity index (χ3v) is 6.36. The normalized spacial score (nSPS) is 12.5. The fraction of sp³-hybridized carbons (Fsp3) is 0.407. The number of hydrogen-bond donors (Lipinski definition) is 1. The second kappa shape index (κ2) is 11.4. The Morgan fingerprint density at radius 1 is 1.11 bits per heavy atom. The summed E-state index contributed by atoms with van der Waals surface area (Å²) < 4.78 is 7.08. The average Bonchev–Trinajstić information content (AvgIpc) is 3.30. The highest BCUT2D eigenvalue weighted by Crippen LogP contribution is 2.28. The smallest absolute Gasteiger partial charge is 0.252 e. The maximum Gasteiger partial charge on any atom is 0.252 e. The van der Waals surface area contributed by atoms with Gasteiger partial charge in [-0.2, -0.15) is 0 Å². The zero-order valence-corrected chi connectivity index (χ0v) is 21.0. The van der Waals surface area contributed by atoms with E-state index in [1.807, 2.05) is 41.9 Å². The molecule has 0 fully saturated rings. The van der Waals surface area contributed by atoms with E-state index in [9.17, 15) is 4.79 Å². The van der Waals surface area contributed by atoms with E-state index >= 15 is 0 Å². The highest BCUT2D eigenvalue weighted by atomic mass is 16.5. The van der Waals surface area contributed by atoms with Crippen molar-refractivity contribution in [1.29, 1.82) is 0 Å². The summed E-state index contributed by atoms with van der Waals surface area (Å²) in [6.45, 7) is 8.55. The van der Waals surface area contributed by atoms with E-state index in [1.54, 1.807) is 7.11 Å². The molecule has 0 saturated heterocycles. The fourth-order valence-corrected chi connectivity index (χ4v) is 4.68. The lowest BCUT2D eigenvalue weighted by Crippen LogP contribution is -2.33. The molecule has 4 rings (SSSR count). The van der Waals surface area contributed by atoms with Gasteiger partial charge in [-0.05, 0) is 59.5 Å². The van der Waals surface area contributed by atoms with Gasteiger partial charge in [0, 0.05) is 36.7 Å². The Kier molecular flexibility index (Phi) is 8.05. The van der Waals surface area contributed by atoms with Gasteiger partial charge in [0.15, 0.2) is 5.82 Å². The summed E-state index contributed by atoms with van der Waals surface area (Å²) in [5.74, 6) is 0.795. The molecule has 2 heterocycles. The minimum Gasteiger partial charge on any atom is -0.383 e. The Morgan fingerprint density at radius 3 is 2.66 bits per heavy atom. The molecular formula is C27H34N6O2. The third kappa shape index (κ3) is 5.83. The first-order valence-corrected chi connectivity index (χ1v) is 12.2. The molecule has 0 bridgehead atoms. The van der Waals surface area contributed by atoms with Crippen molar-refractivity contribution < 1.29 is 4.74 Å². The Labute approximate surface area is 205 Å². The number of nitrogens with zero attached hydrogens (tertiary/aromatic N) is 5. The molecule has 2 aromatic carbocycles.